The molecule has 0 spiro atoms. The predicted molar refractivity (Wildman–Crippen MR) is 73.9 cm³/mol. The molecular formula is C12H20O6S2. The first-order valence-electron chi connectivity index (χ1n) is 6.53. The third-order valence-corrected chi connectivity index (χ3v) is 5.17. The molecule has 20 heavy (non-hydrogen) atoms. The number of allylic oxidation sites excluding steroid dienone is 2. The van der Waals surface area contributed by atoms with Crippen molar-refractivity contribution < 1.29 is 25.2 Å². The molecule has 0 heterocycles. The Morgan fingerprint density at radius 2 is 1.20 bits per heavy atom. The van der Waals surface area contributed by atoms with Gasteiger partial charge in [0.15, 0.2) is 0 Å². The van der Waals surface area contributed by atoms with Crippen LogP contribution < -0.4 is 0 Å². The molecule has 0 amide bonds. The lowest BCUT2D eigenvalue weighted by Crippen LogP contribution is -2.42. The molecular weight excluding hydrogens is 304 g/mol. The maximum absolute atomic E-state index is 11.1. The molecule has 3 aliphatic carbocycles. The van der Waals surface area contributed by atoms with Crippen LogP contribution >= 0.6 is 0 Å². The van der Waals surface area contributed by atoms with Gasteiger partial charge in [0.05, 0.1) is 25.7 Å². The topological polar surface area (TPSA) is 86.7 Å². The highest BCUT2D eigenvalue weighted by Crippen LogP contribution is 2.45. The maximum atomic E-state index is 11.1. The molecule has 1 saturated carbocycles. The van der Waals surface area contributed by atoms with Crippen LogP contribution in [0.25, 0.3) is 0 Å². The smallest absolute Gasteiger partial charge is 0.264 e. The zero-order chi connectivity index (χ0) is 15.0. The molecule has 3 aliphatic rings. The Bertz CT molecular complexity index is 525. The predicted octanol–water partition coefficient (Wildman–Crippen LogP) is 0.767. The summed E-state index contributed by atoms with van der Waals surface area (Å²) in [6, 6.07) is 0. The fourth-order valence-electron chi connectivity index (χ4n) is 3.11. The van der Waals surface area contributed by atoms with Gasteiger partial charge in [-0.1, -0.05) is 12.2 Å². The Morgan fingerprint density at radius 3 is 1.45 bits per heavy atom. The molecule has 0 saturated heterocycles. The largest absolute Gasteiger partial charge is 0.270 e. The van der Waals surface area contributed by atoms with Gasteiger partial charge in [-0.05, 0) is 36.5 Å². The quantitative estimate of drug-likeness (QED) is 0.530. The van der Waals surface area contributed by atoms with E-state index in [-0.39, 0.29) is 36.9 Å². The van der Waals surface area contributed by atoms with Crippen LogP contribution in [-0.4, -0.2) is 42.6 Å². The van der Waals surface area contributed by atoms with Crippen LogP contribution in [0.1, 0.15) is 12.8 Å². The highest BCUT2D eigenvalue weighted by atomic mass is 32.2. The van der Waals surface area contributed by atoms with Crippen LogP contribution in [-0.2, 0) is 28.6 Å². The van der Waals surface area contributed by atoms with E-state index in [1.807, 2.05) is 0 Å². The van der Waals surface area contributed by atoms with E-state index >= 15 is 0 Å². The number of hydrogen-bond donors (Lipinski definition) is 0. The molecule has 0 aromatic carbocycles. The van der Waals surface area contributed by atoms with E-state index in [0.29, 0.717) is 0 Å². The molecule has 116 valence electrons. The number of fused-ring (bicyclic) bond motifs is 2. The fraction of sp³-hybridized carbons (Fsp3) is 0.833. The number of rotatable bonds is 6. The molecule has 0 aromatic rings. The monoisotopic (exact) mass is 324 g/mol. The van der Waals surface area contributed by atoms with Gasteiger partial charge in [0.2, 0.25) is 0 Å². The first kappa shape index (κ1) is 15.9. The van der Waals surface area contributed by atoms with Crippen molar-refractivity contribution in [3.8, 4) is 0 Å². The second-order valence-electron chi connectivity index (χ2n) is 5.59. The third kappa shape index (κ3) is 4.28. The van der Waals surface area contributed by atoms with Gasteiger partial charge in [-0.15, -0.1) is 0 Å². The summed E-state index contributed by atoms with van der Waals surface area (Å²) in [7, 11) is -6.98. The van der Waals surface area contributed by atoms with Crippen LogP contribution in [0.3, 0.4) is 0 Å². The lowest BCUT2D eigenvalue weighted by molar-refractivity contribution is 0.0445. The molecule has 0 radical (unpaired) electrons. The maximum Gasteiger partial charge on any atom is 0.264 e. The minimum Gasteiger partial charge on any atom is -0.270 e. The SMILES string of the molecule is CS(=O)(=O)OC[C@H]1[C@H](COS(C)(=O)=O)[C@H]2C=C[C@H]1CC2. The molecule has 2 bridgehead atoms. The first-order valence-corrected chi connectivity index (χ1v) is 10.2. The van der Waals surface area contributed by atoms with Crippen molar-refractivity contribution in [1.29, 1.82) is 0 Å². The summed E-state index contributed by atoms with van der Waals surface area (Å²) in [5, 5.41) is 0. The van der Waals surface area contributed by atoms with Gasteiger partial charge >= 0.3 is 0 Å². The van der Waals surface area contributed by atoms with E-state index in [1.54, 1.807) is 0 Å². The summed E-state index contributed by atoms with van der Waals surface area (Å²) >= 11 is 0. The van der Waals surface area contributed by atoms with Crippen molar-refractivity contribution in [2.75, 3.05) is 25.7 Å². The second kappa shape index (κ2) is 5.75. The molecule has 1 fully saturated rings. The van der Waals surface area contributed by atoms with Crippen LogP contribution in [0, 0.1) is 23.7 Å². The molecule has 3 rings (SSSR count). The molecule has 0 aliphatic heterocycles. The third-order valence-electron chi connectivity index (χ3n) is 4.04. The summed E-state index contributed by atoms with van der Waals surface area (Å²) in [6.45, 7) is 0.171. The average Bonchev–Trinajstić information content (AvgIpc) is 2.33. The first-order chi connectivity index (χ1) is 9.16. The molecule has 0 N–H and O–H groups in total. The Kier molecular flexibility index (Phi) is 4.58. The van der Waals surface area contributed by atoms with E-state index in [0.717, 1.165) is 25.4 Å². The fourth-order valence-corrected chi connectivity index (χ4v) is 3.92. The van der Waals surface area contributed by atoms with Gasteiger partial charge in [-0.2, -0.15) is 16.8 Å². The van der Waals surface area contributed by atoms with Crippen LogP contribution in [0.15, 0.2) is 12.2 Å². The molecule has 4 atom stereocenters. The molecule has 0 unspecified atom stereocenters. The van der Waals surface area contributed by atoms with Gasteiger partial charge in [0.1, 0.15) is 0 Å². The van der Waals surface area contributed by atoms with E-state index < -0.39 is 20.2 Å². The normalized spacial score (nSPS) is 33.5. The Hall–Kier alpha value is -0.440. The lowest BCUT2D eigenvalue weighted by atomic mass is 9.63. The van der Waals surface area contributed by atoms with Gasteiger partial charge in [-0.3, -0.25) is 8.37 Å². The summed E-state index contributed by atoms with van der Waals surface area (Å²) in [5.74, 6) is 0.426. The van der Waals surface area contributed by atoms with Gasteiger partial charge in [0, 0.05) is 0 Å². The molecule has 6 nitrogen and oxygen atoms in total. The van der Waals surface area contributed by atoms with E-state index in [9.17, 15) is 16.8 Å². The summed E-state index contributed by atoms with van der Waals surface area (Å²) in [6.07, 6.45) is 8.17. The standard InChI is InChI=1S/C12H20O6S2/c1-19(13,14)17-7-11-9-3-5-10(6-4-9)12(11)8-18-20(2,15)16/h3,5,9-12H,4,6-8H2,1-2H3/t9-,10-,11+,12+/m0/s1. The Morgan fingerprint density at radius 1 is 0.850 bits per heavy atom. The Labute approximate surface area is 120 Å². The van der Waals surface area contributed by atoms with Crippen molar-refractivity contribution in [3.63, 3.8) is 0 Å². The van der Waals surface area contributed by atoms with Crippen molar-refractivity contribution >= 4 is 20.2 Å². The summed E-state index contributed by atoms with van der Waals surface area (Å²) < 4.78 is 54.4. The van der Waals surface area contributed by atoms with Crippen LogP contribution in [0.5, 0.6) is 0 Å². The highest BCUT2D eigenvalue weighted by Gasteiger charge is 2.41. The van der Waals surface area contributed by atoms with Gasteiger partial charge in [-0.25, -0.2) is 0 Å². The minimum absolute atomic E-state index is 0.0183. The van der Waals surface area contributed by atoms with Crippen LogP contribution in [0.4, 0.5) is 0 Å². The van der Waals surface area contributed by atoms with Crippen molar-refractivity contribution in [2.24, 2.45) is 23.7 Å². The van der Waals surface area contributed by atoms with E-state index in [4.69, 9.17) is 8.37 Å². The lowest BCUT2D eigenvalue weighted by Gasteiger charge is -2.44. The van der Waals surface area contributed by atoms with Crippen LogP contribution in [0.2, 0.25) is 0 Å². The van der Waals surface area contributed by atoms with E-state index in [2.05, 4.69) is 12.2 Å². The molecule has 0 aromatic heterocycles. The summed E-state index contributed by atoms with van der Waals surface area (Å²) in [4.78, 5) is 0. The average molecular weight is 324 g/mol. The zero-order valence-electron chi connectivity index (χ0n) is 11.6. The molecule has 8 heteroatoms. The van der Waals surface area contributed by atoms with Crippen molar-refractivity contribution in [2.45, 2.75) is 12.8 Å². The van der Waals surface area contributed by atoms with Crippen molar-refractivity contribution in [1.82, 2.24) is 0 Å². The second-order valence-corrected chi connectivity index (χ2v) is 8.88. The highest BCUT2D eigenvalue weighted by molar-refractivity contribution is 7.86. The zero-order valence-corrected chi connectivity index (χ0v) is 13.2. The van der Waals surface area contributed by atoms with Gasteiger partial charge in [0.25, 0.3) is 20.2 Å². The Balaban J connectivity index is 2.07. The number of hydrogen-bond acceptors (Lipinski definition) is 6. The van der Waals surface area contributed by atoms with Gasteiger partial charge < -0.3 is 0 Å². The van der Waals surface area contributed by atoms with E-state index in [1.165, 1.54) is 0 Å². The van der Waals surface area contributed by atoms with Crippen molar-refractivity contribution in [3.05, 3.63) is 12.2 Å². The minimum atomic E-state index is -3.49. The summed E-state index contributed by atoms with van der Waals surface area (Å²) in [5.41, 5.74) is 0.